The van der Waals surface area contributed by atoms with E-state index in [9.17, 15) is 19.1 Å². The van der Waals surface area contributed by atoms with Gasteiger partial charge in [0, 0.05) is 34.5 Å². The van der Waals surface area contributed by atoms with Gasteiger partial charge in [-0.3, -0.25) is 30.5 Å². The third-order valence-electron chi connectivity index (χ3n) is 5.38. The van der Waals surface area contributed by atoms with Gasteiger partial charge in [-0.1, -0.05) is 34.3 Å². The van der Waals surface area contributed by atoms with Gasteiger partial charge in [0.1, 0.15) is 17.5 Å². The van der Waals surface area contributed by atoms with Crippen molar-refractivity contribution < 1.29 is 87.6 Å². The molecular weight excluding hydrogens is 489 g/mol. The first-order valence-corrected chi connectivity index (χ1v) is 11.4. The quantitative estimate of drug-likeness (QED) is 0.0440. The van der Waals surface area contributed by atoms with Crippen LogP contribution in [-0.2, 0) is 20.5 Å². The van der Waals surface area contributed by atoms with E-state index in [1.54, 1.807) is 0 Å². The molecule has 5 N–H and O–H groups in total. The number of fused-ring (bicyclic) bond motifs is 1. The topological polar surface area (TPSA) is 150 Å². The van der Waals surface area contributed by atoms with E-state index in [0.717, 1.165) is 12.0 Å². The molecule has 3 fully saturated rings. The van der Waals surface area contributed by atoms with Crippen LogP contribution < -0.4 is 85.6 Å². The second kappa shape index (κ2) is 14.2. The Kier molecular flexibility index (Phi) is 14.6. The van der Waals surface area contributed by atoms with Crippen LogP contribution in [0, 0.1) is 11.8 Å². The number of rotatable bonds is 6. The zero-order valence-corrected chi connectivity index (χ0v) is 23.2. The number of alkyl halides is 2. The molecular formula is C13H22Cl2N4Na2O6S2. The molecule has 0 amide bonds. The second-order valence-corrected chi connectivity index (χ2v) is 10.1. The van der Waals surface area contributed by atoms with Crippen LogP contribution in [0.1, 0.15) is 25.7 Å². The van der Waals surface area contributed by atoms with Crippen molar-refractivity contribution in [2.45, 2.75) is 65.9 Å². The molecule has 0 aromatic carbocycles. The van der Waals surface area contributed by atoms with Crippen molar-refractivity contribution in [3.05, 3.63) is 0 Å². The average molecular weight is 511 g/mol. The fraction of sp³-hybridized carbons (Fsp3) is 1.00. The number of aliphatic hydroxyl groups is 1. The minimum Gasteiger partial charge on any atom is -0.772 e. The Morgan fingerprint density at radius 2 is 1.76 bits per heavy atom. The molecule has 2 saturated carbocycles. The van der Waals surface area contributed by atoms with E-state index < -0.39 is 40.0 Å². The monoisotopic (exact) mass is 510 g/mol. The molecule has 0 bridgehead atoms. The maximum Gasteiger partial charge on any atom is 1.00 e. The van der Waals surface area contributed by atoms with Crippen molar-refractivity contribution in [1.29, 1.82) is 0 Å². The summed E-state index contributed by atoms with van der Waals surface area (Å²) in [5.41, 5.74) is -1.09. The van der Waals surface area contributed by atoms with Crippen LogP contribution in [0.2, 0.25) is 0 Å². The van der Waals surface area contributed by atoms with Gasteiger partial charge in [0.2, 0.25) is 0 Å². The third kappa shape index (κ3) is 8.46. The van der Waals surface area contributed by atoms with E-state index in [1.165, 1.54) is 0 Å². The molecule has 0 aromatic heterocycles. The molecule has 3 aliphatic rings. The Bertz CT molecular complexity index is 530. The first kappa shape index (κ1) is 29.8. The molecule has 1 heterocycles. The summed E-state index contributed by atoms with van der Waals surface area (Å²) < 4.78 is 27.3. The molecule has 16 heteroatoms. The summed E-state index contributed by atoms with van der Waals surface area (Å²) in [5, 5.41) is 35.9. The van der Waals surface area contributed by atoms with Gasteiger partial charge in [0.25, 0.3) is 0 Å². The van der Waals surface area contributed by atoms with Gasteiger partial charge in [0.05, 0.1) is 6.10 Å². The van der Waals surface area contributed by atoms with Crippen molar-refractivity contribution >= 4 is 46.3 Å². The molecule has 0 radical (unpaired) electrons. The molecule has 1 saturated heterocycles. The molecule has 10 nitrogen and oxygen atoms in total. The Morgan fingerprint density at radius 1 is 1.10 bits per heavy atom. The molecule has 3 rings (SSSR count). The molecule has 0 spiro atoms. The van der Waals surface area contributed by atoms with Crippen molar-refractivity contribution in [3.8, 4) is 0 Å². The van der Waals surface area contributed by atoms with Gasteiger partial charge in [0.15, 0.2) is 0 Å². The van der Waals surface area contributed by atoms with Crippen LogP contribution in [0.4, 0.5) is 0 Å². The van der Waals surface area contributed by atoms with Crippen molar-refractivity contribution in [2.75, 3.05) is 0 Å². The smallest absolute Gasteiger partial charge is 0.772 e. The summed E-state index contributed by atoms with van der Waals surface area (Å²) in [6.07, 6.45) is 0.689. The summed E-state index contributed by atoms with van der Waals surface area (Å²) in [5.74, 6) is -0.188. The second-order valence-electron chi connectivity index (χ2n) is 7.02. The summed E-state index contributed by atoms with van der Waals surface area (Å²) in [6.45, 7) is 0. The molecule has 9 atom stereocenters. The van der Waals surface area contributed by atoms with E-state index in [1.807, 2.05) is 0 Å². The van der Waals surface area contributed by atoms with E-state index in [-0.39, 0.29) is 88.7 Å². The Labute approximate surface area is 230 Å². The summed E-state index contributed by atoms with van der Waals surface area (Å²) in [6, 6.07) is -0.177. The van der Waals surface area contributed by atoms with Crippen molar-refractivity contribution in [2.24, 2.45) is 11.8 Å². The van der Waals surface area contributed by atoms with Gasteiger partial charge >= 0.3 is 59.1 Å². The molecule has 29 heavy (non-hydrogen) atoms. The van der Waals surface area contributed by atoms with E-state index in [0.29, 0.717) is 19.3 Å². The number of halogens is 2. The summed E-state index contributed by atoms with van der Waals surface area (Å²) >= 11 is 10.8. The van der Waals surface area contributed by atoms with E-state index in [2.05, 4.69) is 30.6 Å². The predicted octanol–water partition coefficient (Wildman–Crippen LogP) is -7.27. The van der Waals surface area contributed by atoms with Crippen LogP contribution >= 0.6 is 35.2 Å². The molecule has 9 unspecified atom stereocenters. The third-order valence-corrected chi connectivity index (χ3v) is 7.60. The maximum atomic E-state index is 11.4. The zero-order valence-electron chi connectivity index (χ0n) is 16.1. The largest absolute Gasteiger partial charge is 1.00 e. The minimum atomic E-state index is -2.24. The molecule has 0 aromatic rings. The van der Waals surface area contributed by atoms with Gasteiger partial charge in [-0.15, -0.1) is 0 Å². The zero-order chi connectivity index (χ0) is 19.6. The van der Waals surface area contributed by atoms with Gasteiger partial charge in [-0.25, -0.2) is 0 Å². The SMILES string of the molecule is O=S([O-])C1CC(O)C2C(CC(SOO[O-])CC2NC2NC(Cl)NC(Cl)N2)C1.[Na+].[Na+]. The Hall–Kier alpha value is 2.72. The predicted molar refractivity (Wildman–Crippen MR) is 97.1 cm³/mol. The first-order valence-electron chi connectivity index (χ1n) is 8.57. The van der Waals surface area contributed by atoms with Crippen molar-refractivity contribution in [1.82, 2.24) is 21.3 Å². The van der Waals surface area contributed by atoms with E-state index >= 15 is 0 Å². The molecule has 2 aliphatic carbocycles. The van der Waals surface area contributed by atoms with Gasteiger partial charge in [-0.05, 0) is 31.6 Å². The van der Waals surface area contributed by atoms with Gasteiger partial charge < -0.3 is 14.9 Å². The van der Waals surface area contributed by atoms with E-state index in [4.69, 9.17) is 23.2 Å². The van der Waals surface area contributed by atoms with Crippen LogP contribution in [0.25, 0.3) is 0 Å². The number of aliphatic hydroxyl groups excluding tert-OH is 1. The number of hydrogen-bond acceptors (Lipinski definition) is 11. The van der Waals surface area contributed by atoms with Crippen LogP contribution in [-0.4, -0.2) is 54.1 Å². The maximum absolute atomic E-state index is 11.4. The van der Waals surface area contributed by atoms with Crippen LogP contribution in [0.3, 0.4) is 0 Å². The average Bonchev–Trinajstić information content (AvgIpc) is 2.58. The Morgan fingerprint density at radius 3 is 2.34 bits per heavy atom. The minimum absolute atomic E-state index is 0. The fourth-order valence-electron chi connectivity index (χ4n) is 4.42. The molecule has 158 valence electrons. The summed E-state index contributed by atoms with van der Waals surface area (Å²) in [4.78, 5) is 0. The molecule has 1 aliphatic heterocycles. The Balaban J connectivity index is 0.00000210. The standard InChI is InChI=1S/C13H24Cl2N4O6S2.2Na/c14-11-17-12(15)19-13(18-11)16-8-3-6(26-25-24-21)1-5-2-7(27(22)23)4-9(20)10(5)8;;/h5-13,16-21H,1-4H2,(H,22,23);;/q;2*+1/p-2. The fourth-order valence-corrected chi connectivity index (χ4v) is 6.50. The summed E-state index contributed by atoms with van der Waals surface area (Å²) in [7, 11) is 0. The number of nitrogens with one attached hydrogen (secondary N) is 4. The first-order chi connectivity index (χ1) is 12.9. The van der Waals surface area contributed by atoms with Gasteiger partial charge in [-0.2, -0.15) is 4.33 Å². The van der Waals surface area contributed by atoms with Crippen LogP contribution in [0.5, 0.6) is 0 Å². The van der Waals surface area contributed by atoms with Crippen molar-refractivity contribution in [3.63, 3.8) is 0 Å². The van der Waals surface area contributed by atoms with Crippen LogP contribution in [0.15, 0.2) is 0 Å². The normalized spacial score (nSPS) is 43.4. The number of hydrogen-bond donors (Lipinski definition) is 5.